The molecule has 0 fully saturated rings. The largest absolute Gasteiger partial charge is 0.475 e. The van der Waals surface area contributed by atoms with E-state index >= 15 is 0 Å². The van der Waals surface area contributed by atoms with Gasteiger partial charge in [0.1, 0.15) is 11.6 Å². The second kappa shape index (κ2) is 9.59. The molecule has 0 aliphatic heterocycles. The first-order valence-corrected chi connectivity index (χ1v) is 8.36. The molecule has 0 radical (unpaired) electrons. The fourth-order valence-corrected chi connectivity index (χ4v) is 2.16. The summed E-state index contributed by atoms with van der Waals surface area (Å²) in [5.41, 5.74) is 0. The van der Waals surface area contributed by atoms with Crippen LogP contribution in [0.1, 0.15) is 78.5 Å². The normalized spacial score (nSPS) is 12.5. The summed E-state index contributed by atoms with van der Waals surface area (Å²) in [7, 11) is 0. The van der Waals surface area contributed by atoms with E-state index in [4.69, 9.17) is 4.74 Å². The predicted octanol–water partition coefficient (Wildman–Crippen LogP) is 4.77. The summed E-state index contributed by atoms with van der Waals surface area (Å²) < 4.78 is 5.98. The SMILES string of the molecule is CCCCCCC(C)Oc1cc(NCC)nc(C(C)C)n1. The Kier molecular flexibility index (Phi) is 8.09. The van der Waals surface area contributed by atoms with Gasteiger partial charge in [0.25, 0.3) is 0 Å². The van der Waals surface area contributed by atoms with Crippen LogP contribution in [0, 0.1) is 0 Å². The van der Waals surface area contributed by atoms with E-state index in [1.54, 1.807) is 0 Å². The summed E-state index contributed by atoms with van der Waals surface area (Å²) in [6.45, 7) is 11.5. The van der Waals surface area contributed by atoms with E-state index in [0.717, 1.165) is 24.6 Å². The number of hydrogen-bond acceptors (Lipinski definition) is 4. The summed E-state index contributed by atoms with van der Waals surface area (Å²) in [5, 5.41) is 3.25. The monoisotopic (exact) mass is 293 g/mol. The number of anilines is 1. The van der Waals surface area contributed by atoms with Gasteiger partial charge in [-0.2, -0.15) is 4.98 Å². The lowest BCUT2D eigenvalue weighted by atomic mass is 10.1. The van der Waals surface area contributed by atoms with Crippen molar-refractivity contribution in [1.82, 2.24) is 9.97 Å². The average molecular weight is 293 g/mol. The van der Waals surface area contributed by atoms with Crippen LogP contribution in [0.25, 0.3) is 0 Å². The lowest BCUT2D eigenvalue weighted by Gasteiger charge is -2.16. The number of ether oxygens (including phenoxy) is 1. The summed E-state index contributed by atoms with van der Waals surface area (Å²) in [5.74, 6) is 2.67. The molecule has 4 nitrogen and oxygen atoms in total. The number of nitrogens with one attached hydrogen (secondary N) is 1. The molecular weight excluding hydrogens is 262 g/mol. The Hall–Kier alpha value is -1.32. The second-order valence-corrected chi connectivity index (χ2v) is 5.91. The van der Waals surface area contributed by atoms with Crippen LogP contribution in [0.5, 0.6) is 5.88 Å². The molecule has 1 aromatic heterocycles. The Labute approximate surface area is 129 Å². The van der Waals surface area contributed by atoms with Gasteiger partial charge in [-0.15, -0.1) is 0 Å². The van der Waals surface area contributed by atoms with E-state index in [2.05, 4.69) is 49.9 Å². The molecule has 0 saturated carbocycles. The van der Waals surface area contributed by atoms with Gasteiger partial charge in [-0.25, -0.2) is 4.98 Å². The molecule has 0 aliphatic rings. The molecule has 1 N–H and O–H groups in total. The highest BCUT2D eigenvalue weighted by Crippen LogP contribution is 2.20. The Morgan fingerprint density at radius 2 is 1.86 bits per heavy atom. The van der Waals surface area contributed by atoms with Crippen LogP contribution in [0.3, 0.4) is 0 Å². The van der Waals surface area contributed by atoms with Gasteiger partial charge < -0.3 is 10.1 Å². The number of nitrogens with zero attached hydrogens (tertiary/aromatic N) is 2. The van der Waals surface area contributed by atoms with E-state index in [0.29, 0.717) is 11.8 Å². The van der Waals surface area contributed by atoms with Gasteiger partial charge >= 0.3 is 0 Å². The Balaban J connectivity index is 2.63. The molecule has 1 rings (SSSR count). The molecular formula is C17H31N3O. The van der Waals surface area contributed by atoms with Crippen LogP contribution in [-0.2, 0) is 0 Å². The minimum atomic E-state index is 0.200. The Morgan fingerprint density at radius 1 is 1.10 bits per heavy atom. The minimum absolute atomic E-state index is 0.200. The highest BCUT2D eigenvalue weighted by Gasteiger charge is 2.11. The molecule has 1 heterocycles. The third-order valence-corrected chi connectivity index (χ3v) is 3.38. The van der Waals surface area contributed by atoms with Crippen LogP contribution in [0.15, 0.2) is 6.07 Å². The average Bonchev–Trinajstić information content (AvgIpc) is 2.43. The summed E-state index contributed by atoms with van der Waals surface area (Å²) in [6.07, 6.45) is 6.36. The Morgan fingerprint density at radius 3 is 2.48 bits per heavy atom. The van der Waals surface area contributed by atoms with Crippen molar-refractivity contribution in [2.24, 2.45) is 0 Å². The van der Waals surface area contributed by atoms with Gasteiger partial charge in [-0.1, -0.05) is 40.0 Å². The molecule has 4 heteroatoms. The van der Waals surface area contributed by atoms with Gasteiger partial charge in [-0.3, -0.25) is 0 Å². The molecule has 120 valence electrons. The standard InChI is InChI=1S/C17H31N3O/c1-6-8-9-10-11-14(5)21-16-12-15(18-7-2)19-17(20-16)13(3)4/h12-14H,6-11H2,1-5H3,(H,18,19,20). The van der Waals surface area contributed by atoms with Crippen LogP contribution in [0.4, 0.5) is 5.82 Å². The Bertz CT molecular complexity index is 407. The molecule has 1 aromatic rings. The van der Waals surface area contributed by atoms with Gasteiger partial charge in [0.05, 0.1) is 6.10 Å². The minimum Gasteiger partial charge on any atom is -0.475 e. The second-order valence-electron chi connectivity index (χ2n) is 5.91. The van der Waals surface area contributed by atoms with Crippen molar-refractivity contribution in [3.63, 3.8) is 0 Å². The van der Waals surface area contributed by atoms with Crippen molar-refractivity contribution >= 4 is 5.82 Å². The molecule has 0 spiro atoms. The van der Waals surface area contributed by atoms with Crippen LogP contribution in [-0.4, -0.2) is 22.6 Å². The number of hydrogen-bond donors (Lipinski definition) is 1. The van der Waals surface area contributed by atoms with Crippen LogP contribution in [0.2, 0.25) is 0 Å². The smallest absolute Gasteiger partial charge is 0.218 e. The van der Waals surface area contributed by atoms with E-state index < -0.39 is 0 Å². The van der Waals surface area contributed by atoms with Crippen molar-refractivity contribution < 1.29 is 4.74 Å². The summed E-state index contributed by atoms with van der Waals surface area (Å²) >= 11 is 0. The molecule has 1 unspecified atom stereocenters. The quantitative estimate of drug-likeness (QED) is 0.631. The fourth-order valence-electron chi connectivity index (χ4n) is 2.16. The van der Waals surface area contributed by atoms with E-state index in [9.17, 15) is 0 Å². The van der Waals surface area contributed by atoms with Gasteiger partial charge in [0, 0.05) is 18.5 Å². The number of aromatic nitrogens is 2. The zero-order valence-electron chi connectivity index (χ0n) is 14.3. The molecule has 0 saturated heterocycles. The molecule has 0 bridgehead atoms. The zero-order valence-corrected chi connectivity index (χ0v) is 14.3. The van der Waals surface area contributed by atoms with Crippen LogP contribution < -0.4 is 10.1 Å². The predicted molar refractivity (Wildman–Crippen MR) is 89.1 cm³/mol. The van der Waals surface area contributed by atoms with Crippen molar-refractivity contribution in [2.75, 3.05) is 11.9 Å². The lowest BCUT2D eigenvalue weighted by molar-refractivity contribution is 0.197. The molecule has 0 aromatic carbocycles. The van der Waals surface area contributed by atoms with Gasteiger partial charge in [0.15, 0.2) is 0 Å². The van der Waals surface area contributed by atoms with Crippen molar-refractivity contribution in [3.8, 4) is 5.88 Å². The molecule has 0 aliphatic carbocycles. The molecule has 1 atom stereocenters. The highest BCUT2D eigenvalue weighted by molar-refractivity contribution is 5.38. The van der Waals surface area contributed by atoms with Crippen molar-refractivity contribution in [2.45, 2.75) is 78.7 Å². The zero-order chi connectivity index (χ0) is 15.7. The van der Waals surface area contributed by atoms with E-state index in [1.807, 2.05) is 6.07 Å². The van der Waals surface area contributed by atoms with E-state index in [-0.39, 0.29) is 6.10 Å². The number of rotatable bonds is 10. The highest BCUT2D eigenvalue weighted by atomic mass is 16.5. The topological polar surface area (TPSA) is 47.0 Å². The van der Waals surface area contributed by atoms with E-state index in [1.165, 1.54) is 25.7 Å². The van der Waals surface area contributed by atoms with Crippen molar-refractivity contribution in [3.05, 3.63) is 11.9 Å². The maximum Gasteiger partial charge on any atom is 0.218 e. The number of unbranched alkanes of at least 4 members (excludes halogenated alkanes) is 3. The summed E-state index contributed by atoms with van der Waals surface area (Å²) in [4.78, 5) is 9.04. The lowest BCUT2D eigenvalue weighted by Crippen LogP contribution is -2.14. The first kappa shape index (κ1) is 17.7. The first-order valence-electron chi connectivity index (χ1n) is 8.36. The van der Waals surface area contributed by atoms with Crippen LogP contribution >= 0.6 is 0 Å². The third kappa shape index (κ3) is 6.78. The summed E-state index contributed by atoms with van der Waals surface area (Å²) in [6, 6.07) is 1.90. The van der Waals surface area contributed by atoms with Gasteiger partial charge in [-0.05, 0) is 26.7 Å². The molecule has 0 amide bonds. The van der Waals surface area contributed by atoms with Crippen molar-refractivity contribution in [1.29, 1.82) is 0 Å². The first-order chi connectivity index (χ1) is 10.1. The maximum absolute atomic E-state index is 5.98. The maximum atomic E-state index is 5.98. The third-order valence-electron chi connectivity index (χ3n) is 3.38. The van der Waals surface area contributed by atoms with Gasteiger partial charge in [0.2, 0.25) is 5.88 Å². The fraction of sp³-hybridized carbons (Fsp3) is 0.765. The molecule has 21 heavy (non-hydrogen) atoms.